The van der Waals surface area contributed by atoms with Gasteiger partial charge in [-0.2, -0.15) is 0 Å². The number of ketones is 2. The number of anilines is 4. The van der Waals surface area contributed by atoms with Crippen LogP contribution in [0.5, 0.6) is 0 Å². The lowest BCUT2D eigenvalue weighted by atomic mass is 9.81. The van der Waals surface area contributed by atoms with Gasteiger partial charge in [-0.1, -0.05) is 42.0 Å². The Kier molecular flexibility index (Phi) is 5.06. The van der Waals surface area contributed by atoms with Crippen LogP contribution in [-0.4, -0.2) is 11.6 Å². The summed E-state index contributed by atoms with van der Waals surface area (Å²) in [6, 6.07) is 25.0. The first kappa shape index (κ1) is 20.7. The zero-order chi connectivity index (χ0) is 23.1. The zero-order valence-corrected chi connectivity index (χ0v) is 18.8. The van der Waals surface area contributed by atoms with Gasteiger partial charge in [0, 0.05) is 22.5 Å². The van der Waals surface area contributed by atoms with E-state index in [4.69, 9.17) is 0 Å². The maximum atomic E-state index is 13.7. The first-order valence-corrected chi connectivity index (χ1v) is 10.9. The van der Waals surface area contributed by atoms with Crippen molar-refractivity contribution in [2.45, 2.75) is 20.8 Å². The second-order valence-corrected chi connectivity index (χ2v) is 8.61. The summed E-state index contributed by atoms with van der Waals surface area (Å²) < 4.78 is 0. The first-order valence-electron chi connectivity index (χ1n) is 10.9. The van der Waals surface area contributed by atoms with Crippen LogP contribution in [0.15, 0.2) is 78.9 Å². The molecule has 0 spiro atoms. The van der Waals surface area contributed by atoms with Gasteiger partial charge < -0.3 is 10.6 Å². The summed E-state index contributed by atoms with van der Waals surface area (Å²) in [5.74, 6) is -0.297. The number of hydrogen-bond acceptors (Lipinski definition) is 4. The molecule has 0 radical (unpaired) electrons. The Bertz CT molecular complexity index is 1440. The van der Waals surface area contributed by atoms with Crippen LogP contribution in [0.3, 0.4) is 0 Å². The van der Waals surface area contributed by atoms with Crippen LogP contribution in [0.25, 0.3) is 0 Å². The minimum absolute atomic E-state index is 0.147. The second-order valence-electron chi connectivity index (χ2n) is 8.61. The standard InChI is InChI=1S/C29H24N2O2/c1-17-6-4-8-20(14-17)30-24-12-13-25(31-21-9-5-7-18(2)15-21)27-26(24)28(32)22-11-10-19(3)16-23(22)29(27)33/h4-16,30-31H,1-3H3. The number of aryl methyl sites for hydroxylation is 3. The molecule has 5 rings (SSSR count). The van der Waals surface area contributed by atoms with E-state index < -0.39 is 0 Å². The topological polar surface area (TPSA) is 58.2 Å². The lowest BCUT2D eigenvalue weighted by molar-refractivity contribution is 0.0980. The molecular weight excluding hydrogens is 408 g/mol. The predicted molar refractivity (Wildman–Crippen MR) is 133 cm³/mol. The molecule has 162 valence electrons. The molecule has 0 unspecified atom stereocenters. The molecule has 1 aliphatic carbocycles. The highest BCUT2D eigenvalue weighted by Gasteiger charge is 2.34. The molecule has 0 atom stereocenters. The van der Waals surface area contributed by atoms with Gasteiger partial charge in [0.2, 0.25) is 0 Å². The summed E-state index contributed by atoms with van der Waals surface area (Å²) >= 11 is 0. The summed E-state index contributed by atoms with van der Waals surface area (Å²) in [6.07, 6.45) is 0. The van der Waals surface area contributed by atoms with Crippen LogP contribution >= 0.6 is 0 Å². The third-order valence-electron chi connectivity index (χ3n) is 5.92. The van der Waals surface area contributed by atoms with Crippen molar-refractivity contribution in [2.24, 2.45) is 0 Å². The Balaban J connectivity index is 1.69. The van der Waals surface area contributed by atoms with E-state index >= 15 is 0 Å². The smallest absolute Gasteiger partial charge is 0.196 e. The Morgan fingerprint density at radius 1 is 0.515 bits per heavy atom. The third kappa shape index (κ3) is 3.80. The highest BCUT2D eigenvalue weighted by atomic mass is 16.1. The van der Waals surface area contributed by atoms with Gasteiger partial charge in [0.1, 0.15) is 0 Å². The van der Waals surface area contributed by atoms with Crippen LogP contribution < -0.4 is 10.6 Å². The van der Waals surface area contributed by atoms with Crippen molar-refractivity contribution < 1.29 is 9.59 Å². The molecule has 4 heteroatoms. The third-order valence-corrected chi connectivity index (χ3v) is 5.92. The van der Waals surface area contributed by atoms with Gasteiger partial charge >= 0.3 is 0 Å². The highest BCUT2D eigenvalue weighted by molar-refractivity contribution is 6.32. The quantitative estimate of drug-likeness (QED) is 0.325. The number of carbonyl (C=O) groups is 2. The fraction of sp³-hybridized carbons (Fsp3) is 0.103. The number of fused-ring (bicyclic) bond motifs is 2. The minimum Gasteiger partial charge on any atom is -0.355 e. The van der Waals surface area contributed by atoms with Crippen molar-refractivity contribution >= 4 is 34.3 Å². The summed E-state index contributed by atoms with van der Waals surface area (Å²) in [6.45, 7) is 5.96. The lowest BCUT2D eigenvalue weighted by Gasteiger charge is -2.24. The van der Waals surface area contributed by atoms with Crippen molar-refractivity contribution in [1.82, 2.24) is 0 Å². The largest absolute Gasteiger partial charge is 0.355 e. The molecular formula is C29H24N2O2. The van der Waals surface area contributed by atoms with Gasteiger partial charge in [-0.15, -0.1) is 0 Å². The average Bonchev–Trinajstić information content (AvgIpc) is 2.78. The van der Waals surface area contributed by atoms with E-state index in [0.29, 0.717) is 33.6 Å². The van der Waals surface area contributed by atoms with Gasteiger partial charge in [-0.3, -0.25) is 9.59 Å². The number of nitrogens with one attached hydrogen (secondary N) is 2. The van der Waals surface area contributed by atoms with Gasteiger partial charge in [0.15, 0.2) is 11.6 Å². The van der Waals surface area contributed by atoms with Gasteiger partial charge in [-0.05, 0) is 74.4 Å². The highest BCUT2D eigenvalue weighted by Crippen LogP contribution is 2.39. The van der Waals surface area contributed by atoms with Gasteiger partial charge in [0.05, 0.1) is 22.5 Å². The van der Waals surface area contributed by atoms with Crippen LogP contribution in [0.1, 0.15) is 48.5 Å². The molecule has 0 saturated carbocycles. The normalized spacial score (nSPS) is 12.2. The molecule has 2 N–H and O–H groups in total. The summed E-state index contributed by atoms with van der Waals surface area (Å²) in [7, 11) is 0. The molecule has 0 aromatic heterocycles. The molecule has 4 aromatic carbocycles. The second kappa shape index (κ2) is 8.06. The minimum atomic E-state index is -0.150. The van der Waals surface area contributed by atoms with Crippen LogP contribution in [0.4, 0.5) is 22.7 Å². The Morgan fingerprint density at radius 2 is 1.00 bits per heavy atom. The van der Waals surface area contributed by atoms with E-state index in [1.54, 1.807) is 12.1 Å². The van der Waals surface area contributed by atoms with Crippen LogP contribution in [0, 0.1) is 20.8 Å². The fourth-order valence-electron chi connectivity index (χ4n) is 4.35. The zero-order valence-electron chi connectivity index (χ0n) is 18.8. The monoisotopic (exact) mass is 432 g/mol. The molecule has 0 saturated heterocycles. The maximum absolute atomic E-state index is 13.7. The van der Waals surface area contributed by atoms with Crippen LogP contribution in [-0.2, 0) is 0 Å². The predicted octanol–water partition coefficient (Wildman–Crippen LogP) is 6.87. The Hall–Kier alpha value is -4.18. The molecule has 0 bridgehead atoms. The van der Waals surface area contributed by atoms with E-state index in [-0.39, 0.29) is 11.6 Å². The first-order chi connectivity index (χ1) is 15.9. The Labute approximate surface area is 193 Å². The maximum Gasteiger partial charge on any atom is 0.196 e. The lowest BCUT2D eigenvalue weighted by Crippen LogP contribution is -2.23. The number of hydrogen-bond donors (Lipinski definition) is 2. The van der Waals surface area contributed by atoms with Crippen LogP contribution in [0.2, 0.25) is 0 Å². The number of rotatable bonds is 4. The fourth-order valence-corrected chi connectivity index (χ4v) is 4.35. The molecule has 4 nitrogen and oxygen atoms in total. The van der Waals surface area contributed by atoms with E-state index in [1.165, 1.54) is 0 Å². The molecule has 1 aliphatic rings. The summed E-state index contributed by atoms with van der Waals surface area (Å²) in [5, 5.41) is 6.73. The van der Waals surface area contributed by atoms with Crippen molar-refractivity contribution in [3.63, 3.8) is 0 Å². The van der Waals surface area contributed by atoms with E-state index in [2.05, 4.69) is 10.6 Å². The number of benzene rings is 4. The van der Waals surface area contributed by atoms with Crippen molar-refractivity contribution in [3.05, 3.63) is 118 Å². The van der Waals surface area contributed by atoms with Crippen molar-refractivity contribution in [3.8, 4) is 0 Å². The van der Waals surface area contributed by atoms with Crippen molar-refractivity contribution in [2.75, 3.05) is 10.6 Å². The summed E-state index contributed by atoms with van der Waals surface area (Å²) in [5.41, 5.74) is 7.83. The van der Waals surface area contributed by atoms with E-state index in [1.807, 2.05) is 87.5 Å². The van der Waals surface area contributed by atoms with Gasteiger partial charge in [-0.25, -0.2) is 0 Å². The molecule has 0 amide bonds. The van der Waals surface area contributed by atoms with Gasteiger partial charge in [0.25, 0.3) is 0 Å². The molecule has 33 heavy (non-hydrogen) atoms. The SMILES string of the molecule is Cc1cccc(Nc2ccc(Nc3cccc(C)c3)c3c2C(=O)c2ccc(C)cc2C3=O)c1. The molecule has 0 heterocycles. The Morgan fingerprint density at radius 3 is 1.52 bits per heavy atom. The molecule has 0 fully saturated rings. The average molecular weight is 433 g/mol. The number of carbonyl (C=O) groups excluding carboxylic acids is 2. The van der Waals surface area contributed by atoms with E-state index in [9.17, 15) is 9.59 Å². The molecule has 4 aromatic rings. The molecule has 0 aliphatic heterocycles. The van der Waals surface area contributed by atoms with E-state index in [0.717, 1.165) is 28.1 Å². The van der Waals surface area contributed by atoms with Crippen molar-refractivity contribution in [1.29, 1.82) is 0 Å². The summed E-state index contributed by atoms with van der Waals surface area (Å²) in [4.78, 5) is 27.4.